The van der Waals surface area contributed by atoms with Crippen molar-refractivity contribution in [3.8, 4) is 11.5 Å². The molecule has 1 N–H and O–H groups in total. The summed E-state index contributed by atoms with van der Waals surface area (Å²) in [7, 11) is 0. The number of aliphatic hydroxyl groups is 1. The molecule has 0 saturated carbocycles. The van der Waals surface area contributed by atoms with Gasteiger partial charge in [-0.05, 0) is 38.5 Å². The molecule has 37 heavy (non-hydrogen) atoms. The number of anilines is 1. The number of amides is 1. The number of benzene rings is 3. The van der Waals surface area contributed by atoms with Crippen molar-refractivity contribution in [2.75, 3.05) is 24.7 Å². The molecule has 0 radical (unpaired) electrons. The molecule has 10 heteroatoms. The van der Waals surface area contributed by atoms with Gasteiger partial charge in [0.25, 0.3) is 5.91 Å². The first-order valence-corrected chi connectivity index (χ1v) is 11.8. The average Bonchev–Trinajstić information content (AvgIpc) is 3.11. The Kier molecular flexibility index (Phi) is 7.31. The summed E-state index contributed by atoms with van der Waals surface area (Å²) in [5, 5.41) is 12.4. The van der Waals surface area contributed by atoms with E-state index in [1.165, 1.54) is 6.07 Å². The number of alkyl halides is 3. The number of esters is 1. The van der Waals surface area contributed by atoms with E-state index < -0.39 is 35.5 Å². The molecular weight excluding hydrogens is 491 g/mol. The predicted octanol–water partition coefficient (Wildman–Crippen LogP) is 5.41. The van der Waals surface area contributed by atoms with Crippen LogP contribution in [0.4, 0.5) is 18.9 Å². The number of fused-ring (bicyclic) bond motifs is 2. The van der Waals surface area contributed by atoms with E-state index >= 15 is 0 Å². The van der Waals surface area contributed by atoms with Gasteiger partial charge in [0.05, 0.1) is 48.6 Å². The van der Waals surface area contributed by atoms with E-state index in [0.717, 1.165) is 12.1 Å². The van der Waals surface area contributed by atoms with E-state index in [2.05, 4.69) is 0 Å². The zero-order chi connectivity index (χ0) is 26.9. The fourth-order valence-electron chi connectivity index (χ4n) is 4.56. The monoisotopic (exact) mass is 517 g/mol. The van der Waals surface area contributed by atoms with Crippen LogP contribution < -0.4 is 14.4 Å². The molecule has 1 amide bonds. The molecule has 0 aliphatic carbocycles. The Bertz CT molecular complexity index is 1350. The Morgan fingerprint density at radius 2 is 1.59 bits per heavy atom. The topological polar surface area (TPSA) is 85.3 Å². The van der Waals surface area contributed by atoms with Crippen LogP contribution in [0.15, 0.2) is 42.5 Å². The number of hydrogen-bond acceptors (Lipinski definition) is 6. The van der Waals surface area contributed by atoms with Crippen LogP contribution in [0, 0.1) is 0 Å². The lowest BCUT2D eigenvalue weighted by Crippen LogP contribution is -2.30. The normalized spacial score (nSPS) is 15.2. The summed E-state index contributed by atoms with van der Waals surface area (Å²) in [5.74, 6) is -1.17. The van der Waals surface area contributed by atoms with Gasteiger partial charge in [0.15, 0.2) is 6.23 Å². The van der Waals surface area contributed by atoms with Gasteiger partial charge >= 0.3 is 12.1 Å². The van der Waals surface area contributed by atoms with Crippen molar-refractivity contribution < 1.29 is 42.1 Å². The molecule has 1 aliphatic rings. The van der Waals surface area contributed by atoms with E-state index in [1.807, 2.05) is 0 Å². The molecule has 0 saturated heterocycles. The first kappa shape index (κ1) is 26.3. The highest BCUT2D eigenvalue weighted by Gasteiger charge is 2.46. The standard InChI is InChI=1S/C27H26F3NO6/c1-4-35-20(32)14-15-11-12-19(18(13-15)27(28,29)30)31-25(33)21-22(26(31)34)24(37-6-3)17-10-8-7-9-16(17)23(21)36-5-2/h7-13,25,33H,4-6,14H2,1-3H3. The van der Waals surface area contributed by atoms with Crippen molar-refractivity contribution in [3.63, 3.8) is 0 Å². The van der Waals surface area contributed by atoms with Gasteiger partial charge in [-0.2, -0.15) is 13.2 Å². The number of aliphatic hydroxyl groups excluding tert-OH is 1. The lowest BCUT2D eigenvalue weighted by molar-refractivity contribution is -0.142. The number of ether oxygens (including phenoxy) is 3. The molecule has 196 valence electrons. The molecular formula is C27H26F3NO6. The molecule has 4 rings (SSSR count). The highest BCUT2D eigenvalue weighted by atomic mass is 19.4. The number of rotatable bonds is 8. The van der Waals surface area contributed by atoms with Crippen LogP contribution >= 0.6 is 0 Å². The zero-order valence-electron chi connectivity index (χ0n) is 20.5. The van der Waals surface area contributed by atoms with E-state index in [4.69, 9.17) is 14.2 Å². The Labute approximate surface area is 211 Å². The molecule has 3 aromatic carbocycles. The van der Waals surface area contributed by atoms with Crippen LogP contribution in [0.3, 0.4) is 0 Å². The maximum atomic E-state index is 14.2. The van der Waals surface area contributed by atoms with E-state index in [-0.39, 0.29) is 54.4 Å². The van der Waals surface area contributed by atoms with Crippen LogP contribution in [-0.4, -0.2) is 36.8 Å². The number of halogens is 3. The fourth-order valence-corrected chi connectivity index (χ4v) is 4.56. The summed E-state index contributed by atoms with van der Waals surface area (Å²) < 4.78 is 59.0. The van der Waals surface area contributed by atoms with Crippen molar-refractivity contribution >= 4 is 28.3 Å². The second-order valence-electron chi connectivity index (χ2n) is 8.24. The van der Waals surface area contributed by atoms with Gasteiger partial charge in [0.2, 0.25) is 0 Å². The second kappa shape index (κ2) is 10.3. The maximum Gasteiger partial charge on any atom is 0.418 e. The maximum absolute atomic E-state index is 14.2. The minimum absolute atomic E-state index is 0.0396. The number of carbonyl (C=O) groups excluding carboxylic acids is 2. The summed E-state index contributed by atoms with van der Waals surface area (Å²) in [4.78, 5) is 26.2. The van der Waals surface area contributed by atoms with Crippen LogP contribution in [0.5, 0.6) is 11.5 Å². The second-order valence-corrected chi connectivity index (χ2v) is 8.24. The third kappa shape index (κ3) is 4.69. The SMILES string of the molecule is CCOC(=O)Cc1ccc(N2C(=O)c3c(c(OCC)c4ccccc4c3OCC)C2O)c(C(F)(F)F)c1. The van der Waals surface area contributed by atoms with Crippen molar-refractivity contribution in [2.24, 2.45) is 0 Å². The van der Waals surface area contributed by atoms with Gasteiger partial charge in [0.1, 0.15) is 11.5 Å². The van der Waals surface area contributed by atoms with Crippen LogP contribution in [-0.2, 0) is 22.1 Å². The number of nitrogens with zero attached hydrogens (tertiary/aromatic N) is 1. The largest absolute Gasteiger partial charge is 0.493 e. The van der Waals surface area contributed by atoms with Crippen molar-refractivity contribution in [3.05, 3.63) is 64.7 Å². The number of hydrogen-bond donors (Lipinski definition) is 1. The molecule has 1 heterocycles. The highest BCUT2D eigenvalue weighted by molar-refractivity contribution is 6.17. The lowest BCUT2D eigenvalue weighted by Gasteiger charge is -2.25. The quantitative estimate of drug-likeness (QED) is 0.402. The molecule has 0 aromatic heterocycles. The molecule has 7 nitrogen and oxygen atoms in total. The predicted molar refractivity (Wildman–Crippen MR) is 130 cm³/mol. The third-order valence-electron chi connectivity index (χ3n) is 5.95. The molecule has 1 atom stereocenters. The van der Waals surface area contributed by atoms with Gasteiger partial charge in [-0.3, -0.25) is 14.5 Å². The summed E-state index contributed by atoms with van der Waals surface area (Å²) in [5.41, 5.74) is -1.68. The van der Waals surface area contributed by atoms with Crippen molar-refractivity contribution in [1.82, 2.24) is 0 Å². The number of carbonyl (C=O) groups is 2. The van der Waals surface area contributed by atoms with E-state index in [1.54, 1.807) is 45.0 Å². The van der Waals surface area contributed by atoms with E-state index in [9.17, 15) is 27.9 Å². The van der Waals surface area contributed by atoms with E-state index in [0.29, 0.717) is 15.7 Å². The minimum atomic E-state index is -4.88. The smallest absolute Gasteiger partial charge is 0.418 e. The van der Waals surface area contributed by atoms with Crippen LogP contribution in [0.25, 0.3) is 10.8 Å². The van der Waals surface area contributed by atoms with Gasteiger partial charge in [0, 0.05) is 10.8 Å². The molecule has 0 fully saturated rings. The van der Waals surface area contributed by atoms with Crippen molar-refractivity contribution in [1.29, 1.82) is 0 Å². The molecule has 3 aromatic rings. The van der Waals surface area contributed by atoms with Gasteiger partial charge in [-0.1, -0.05) is 30.3 Å². The first-order chi connectivity index (χ1) is 17.6. The minimum Gasteiger partial charge on any atom is -0.493 e. The zero-order valence-corrected chi connectivity index (χ0v) is 20.5. The Morgan fingerprint density at radius 3 is 2.19 bits per heavy atom. The molecule has 0 bridgehead atoms. The van der Waals surface area contributed by atoms with Crippen LogP contribution in [0.2, 0.25) is 0 Å². The van der Waals surface area contributed by atoms with Crippen molar-refractivity contribution in [2.45, 2.75) is 39.6 Å². The van der Waals surface area contributed by atoms with Gasteiger partial charge in [-0.15, -0.1) is 0 Å². The molecule has 1 aliphatic heterocycles. The molecule has 1 unspecified atom stereocenters. The Balaban J connectivity index is 1.92. The third-order valence-corrected chi connectivity index (χ3v) is 5.95. The fraction of sp³-hybridized carbons (Fsp3) is 0.333. The lowest BCUT2D eigenvalue weighted by atomic mass is 9.98. The summed E-state index contributed by atoms with van der Waals surface area (Å²) in [6.45, 7) is 5.51. The van der Waals surface area contributed by atoms with Gasteiger partial charge in [-0.25, -0.2) is 0 Å². The van der Waals surface area contributed by atoms with Gasteiger partial charge < -0.3 is 19.3 Å². The van der Waals surface area contributed by atoms with Crippen LogP contribution in [0.1, 0.15) is 54.0 Å². The summed E-state index contributed by atoms with van der Waals surface area (Å²) in [6, 6.07) is 10.1. The Hall–Kier alpha value is -3.79. The molecule has 0 spiro atoms. The highest BCUT2D eigenvalue weighted by Crippen LogP contribution is 2.51. The Morgan fingerprint density at radius 1 is 0.973 bits per heavy atom. The summed E-state index contributed by atoms with van der Waals surface area (Å²) in [6.07, 6.45) is -7.03. The average molecular weight is 518 g/mol. The summed E-state index contributed by atoms with van der Waals surface area (Å²) >= 11 is 0. The first-order valence-electron chi connectivity index (χ1n) is 11.8.